The van der Waals surface area contributed by atoms with Crippen molar-refractivity contribution in [1.29, 1.82) is 5.26 Å². The molecule has 0 aliphatic carbocycles. The van der Waals surface area contributed by atoms with Gasteiger partial charge in [0.1, 0.15) is 11.5 Å². The Bertz CT molecular complexity index is 938. The normalized spacial score (nSPS) is 13.3. The summed E-state index contributed by atoms with van der Waals surface area (Å²) in [6.45, 7) is 5.47. The highest BCUT2D eigenvalue weighted by molar-refractivity contribution is 5.48. The van der Waals surface area contributed by atoms with Gasteiger partial charge >= 0.3 is 0 Å². The maximum absolute atomic E-state index is 10.5. The molecule has 2 atom stereocenters. The Morgan fingerprint density at radius 3 is 2.00 bits per heavy atom. The molecular weight excluding hydrogens is 468 g/mol. The lowest BCUT2D eigenvalue weighted by atomic mass is 9.73. The molecule has 0 saturated heterocycles. The third-order valence-electron chi connectivity index (χ3n) is 7.82. The highest BCUT2D eigenvalue weighted by atomic mass is 16.5. The van der Waals surface area contributed by atoms with Crippen molar-refractivity contribution in [2.75, 3.05) is 26.1 Å². The molecule has 2 rings (SSSR count). The number of anilines is 1. The second kappa shape index (κ2) is 18.6. The molecule has 2 aromatic rings. The third-order valence-corrected chi connectivity index (χ3v) is 7.82. The minimum atomic E-state index is -0.450. The Hall–Kier alpha value is -2.67. The average molecular weight is 521 g/mol. The van der Waals surface area contributed by atoms with Gasteiger partial charge in [-0.25, -0.2) is 0 Å². The fraction of sp³-hybridized carbons (Fsp3) is 0.618. The summed E-state index contributed by atoms with van der Waals surface area (Å²) in [5.41, 5.74) is 1.74. The van der Waals surface area contributed by atoms with E-state index in [1.807, 2.05) is 30.3 Å². The third kappa shape index (κ3) is 11.4. The van der Waals surface area contributed by atoms with Crippen LogP contribution in [0.2, 0.25) is 0 Å². The molecule has 1 N–H and O–H groups in total. The van der Waals surface area contributed by atoms with E-state index in [2.05, 4.69) is 43.4 Å². The Labute approximate surface area is 233 Å². The van der Waals surface area contributed by atoms with Gasteiger partial charge in [-0.2, -0.15) is 5.26 Å². The Balaban J connectivity index is 1.87. The van der Waals surface area contributed by atoms with Crippen molar-refractivity contribution in [1.82, 2.24) is 0 Å². The minimum absolute atomic E-state index is 0.450. The summed E-state index contributed by atoms with van der Waals surface area (Å²) >= 11 is 0. The van der Waals surface area contributed by atoms with Crippen LogP contribution in [0.25, 0.3) is 0 Å². The van der Waals surface area contributed by atoms with E-state index in [9.17, 15) is 5.26 Å². The summed E-state index contributed by atoms with van der Waals surface area (Å²) in [6.07, 6.45) is 17.0. The first-order valence-electron chi connectivity index (χ1n) is 15.0. The van der Waals surface area contributed by atoms with Crippen LogP contribution in [0, 0.1) is 17.2 Å². The van der Waals surface area contributed by atoms with E-state index in [-0.39, 0.29) is 0 Å². The number of ether oxygens (including phenoxy) is 2. The van der Waals surface area contributed by atoms with E-state index in [0.29, 0.717) is 5.92 Å². The monoisotopic (exact) mass is 520 g/mol. The number of rotatable bonds is 21. The highest BCUT2D eigenvalue weighted by Crippen LogP contribution is 2.37. The first kappa shape index (κ1) is 31.5. The van der Waals surface area contributed by atoms with Crippen molar-refractivity contribution in [3.8, 4) is 17.6 Å². The topological polar surface area (TPSA) is 54.3 Å². The van der Waals surface area contributed by atoms with Crippen LogP contribution in [0.3, 0.4) is 0 Å². The number of nitriles is 1. The van der Waals surface area contributed by atoms with Crippen LogP contribution in [-0.4, -0.2) is 20.8 Å². The minimum Gasteiger partial charge on any atom is -0.497 e. The Morgan fingerprint density at radius 2 is 1.37 bits per heavy atom. The van der Waals surface area contributed by atoms with Crippen molar-refractivity contribution < 1.29 is 9.47 Å². The smallest absolute Gasteiger partial charge is 0.120 e. The van der Waals surface area contributed by atoms with Gasteiger partial charge in [-0.05, 0) is 55.0 Å². The van der Waals surface area contributed by atoms with Gasteiger partial charge in [0.2, 0.25) is 0 Å². The fourth-order valence-electron chi connectivity index (χ4n) is 5.30. The average Bonchev–Trinajstić information content (AvgIpc) is 2.96. The molecule has 0 aliphatic heterocycles. The van der Waals surface area contributed by atoms with Gasteiger partial charge in [0, 0.05) is 18.3 Å². The molecule has 0 aliphatic rings. The molecule has 0 amide bonds. The van der Waals surface area contributed by atoms with Gasteiger partial charge < -0.3 is 14.8 Å². The van der Waals surface area contributed by atoms with Gasteiger partial charge in [0.05, 0.1) is 25.7 Å². The van der Waals surface area contributed by atoms with Gasteiger partial charge in [0.25, 0.3) is 0 Å². The van der Waals surface area contributed by atoms with Gasteiger partial charge in [-0.1, -0.05) is 103 Å². The van der Waals surface area contributed by atoms with Crippen molar-refractivity contribution in [2.24, 2.45) is 5.92 Å². The highest BCUT2D eigenvalue weighted by Gasteiger charge is 2.32. The maximum Gasteiger partial charge on any atom is 0.120 e. The Kier molecular flexibility index (Phi) is 15.4. The fourth-order valence-corrected chi connectivity index (χ4v) is 5.30. The first-order valence-corrected chi connectivity index (χ1v) is 15.0. The second-order valence-electron chi connectivity index (χ2n) is 11.0. The number of nitrogens with zero attached hydrogens (tertiary/aromatic N) is 1. The van der Waals surface area contributed by atoms with Crippen LogP contribution in [0.5, 0.6) is 11.5 Å². The SMILES string of the molecule is CCCCCCCCCCCCC(C#N)(CCCC(C)CNc1cccc(OC)c1)c1cccc(OC)c1. The summed E-state index contributed by atoms with van der Waals surface area (Å²) in [5.74, 6) is 2.22. The summed E-state index contributed by atoms with van der Waals surface area (Å²) in [5, 5.41) is 14.0. The molecule has 0 radical (unpaired) electrons. The van der Waals surface area contributed by atoms with Crippen LogP contribution in [0.1, 0.15) is 109 Å². The molecule has 0 heterocycles. The van der Waals surface area contributed by atoms with E-state index >= 15 is 0 Å². The summed E-state index contributed by atoms with van der Waals surface area (Å²) in [6, 6.07) is 19.0. The molecule has 0 saturated carbocycles. The predicted molar refractivity (Wildman–Crippen MR) is 161 cm³/mol. The quantitative estimate of drug-likeness (QED) is 0.166. The molecule has 38 heavy (non-hydrogen) atoms. The van der Waals surface area contributed by atoms with E-state index in [4.69, 9.17) is 9.47 Å². The number of benzene rings is 2. The largest absolute Gasteiger partial charge is 0.497 e. The summed E-state index contributed by atoms with van der Waals surface area (Å²) < 4.78 is 10.8. The molecular formula is C34H52N2O2. The second-order valence-corrected chi connectivity index (χ2v) is 11.0. The molecule has 210 valence electrons. The van der Waals surface area contributed by atoms with E-state index in [1.165, 1.54) is 57.8 Å². The molecule has 0 fully saturated rings. The predicted octanol–water partition coefficient (Wildman–Crippen LogP) is 9.69. The molecule has 0 bridgehead atoms. The first-order chi connectivity index (χ1) is 18.6. The lowest BCUT2D eigenvalue weighted by Crippen LogP contribution is -2.25. The van der Waals surface area contributed by atoms with Gasteiger partial charge in [0.15, 0.2) is 0 Å². The van der Waals surface area contributed by atoms with Crippen molar-refractivity contribution in [3.63, 3.8) is 0 Å². The molecule has 0 spiro atoms. The van der Waals surface area contributed by atoms with Crippen LogP contribution in [0.15, 0.2) is 48.5 Å². The van der Waals surface area contributed by atoms with Crippen molar-refractivity contribution in [3.05, 3.63) is 54.1 Å². The summed E-state index contributed by atoms with van der Waals surface area (Å²) in [7, 11) is 3.40. The molecule has 2 aromatic carbocycles. The molecule has 2 unspecified atom stereocenters. The van der Waals surface area contributed by atoms with Crippen LogP contribution < -0.4 is 14.8 Å². The zero-order chi connectivity index (χ0) is 27.5. The number of nitrogens with one attached hydrogen (secondary N) is 1. The lowest BCUT2D eigenvalue weighted by molar-refractivity contribution is 0.389. The van der Waals surface area contributed by atoms with Crippen molar-refractivity contribution in [2.45, 2.75) is 109 Å². The van der Waals surface area contributed by atoms with Gasteiger partial charge in [-0.3, -0.25) is 0 Å². The maximum atomic E-state index is 10.5. The molecule has 4 heteroatoms. The van der Waals surface area contributed by atoms with Crippen LogP contribution in [-0.2, 0) is 5.41 Å². The van der Waals surface area contributed by atoms with Crippen molar-refractivity contribution >= 4 is 5.69 Å². The number of hydrogen-bond acceptors (Lipinski definition) is 4. The number of methoxy groups -OCH3 is 2. The van der Waals surface area contributed by atoms with Crippen LogP contribution in [0.4, 0.5) is 5.69 Å². The number of unbranched alkanes of at least 4 members (excludes halogenated alkanes) is 9. The molecule has 4 nitrogen and oxygen atoms in total. The lowest BCUT2D eigenvalue weighted by Gasteiger charge is -2.28. The standard InChI is InChI=1S/C34H52N2O2/c1-5-6-7-8-9-10-11-12-13-14-23-34(28-35,30-19-15-21-32(25-30)37-3)24-17-18-29(2)27-36-31-20-16-22-33(26-31)38-4/h15-16,19-22,25-26,29,36H,5-14,17-18,23-24,27H2,1-4H3. The Morgan fingerprint density at radius 1 is 0.789 bits per heavy atom. The summed E-state index contributed by atoms with van der Waals surface area (Å²) in [4.78, 5) is 0. The van der Waals surface area contributed by atoms with E-state index in [0.717, 1.165) is 61.4 Å². The zero-order valence-electron chi connectivity index (χ0n) is 24.6. The number of hydrogen-bond donors (Lipinski definition) is 1. The zero-order valence-corrected chi connectivity index (χ0v) is 24.6. The van der Waals surface area contributed by atoms with Crippen LogP contribution >= 0.6 is 0 Å². The van der Waals surface area contributed by atoms with E-state index in [1.54, 1.807) is 14.2 Å². The van der Waals surface area contributed by atoms with Gasteiger partial charge in [-0.15, -0.1) is 0 Å². The molecule has 0 aromatic heterocycles. The van der Waals surface area contributed by atoms with E-state index < -0.39 is 5.41 Å².